The van der Waals surface area contributed by atoms with Crippen LogP contribution >= 0.6 is 0 Å². The molecule has 0 radical (unpaired) electrons. The Hall–Kier alpha value is -4.13. The highest BCUT2D eigenvalue weighted by atomic mass is 16.5. The zero-order valence-corrected chi connectivity index (χ0v) is 18.2. The second kappa shape index (κ2) is 8.19. The third-order valence-corrected chi connectivity index (χ3v) is 5.31. The first-order valence-electron chi connectivity index (χ1n) is 9.97. The molecule has 1 aliphatic rings. The van der Waals surface area contributed by atoms with Crippen molar-refractivity contribution in [3.8, 4) is 11.5 Å². The van der Waals surface area contributed by atoms with Gasteiger partial charge >= 0.3 is 6.03 Å². The van der Waals surface area contributed by atoms with E-state index in [0.717, 1.165) is 26.8 Å². The van der Waals surface area contributed by atoms with E-state index in [1.54, 1.807) is 25.3 Å². The van der Waals surface area contributed by atoms with Crippen LogP contribution in [0.4, 0.5) is 10.5 Å². The van der Waals surface area contributed by atoms with Gasteiger partial charge in [0.1, 0.15) is 17.1 Å². The Morgan fingerprint density at radius 1 is 0.875 bits per heavy atom. The van der Waals surface area contributed by atoms with Gasteiger partial charge < -0.3 is 9.47 Å². The van der Waals surface area contributed by atoms with Gasteiger partial charge in [0, 0.05) is 5.56 Å². The molecule has 32 heavy (non-hydrogen) atoms. The highest BCUT2D eigenvalue weighted by molar-refractivity contribution is 6.39. The molecule has 1 N–H and O–H groups in total. The van der Waals surface area contributed by atoms with Crippen LogP contribution in [0.5, 0.6) is 11.5 Å². The van der Waals surface area contributed by atoms with E-state index in [0.29, 0.717) is 22.7 Å². The molecule has 7 heteroatoms. The Kier molecular flexibility index (Phi) is 5.40. The molecule has 1 heterocycles. The number of anilines is 1. The molecular formula is C25H22N2O5. The number of methoxy groups -OCH3 is 2. The molecule has 162 valence electrons. The molecule has 0 unspecified atom stereocenters. The summed E-state index contributed by atoms with van der Waals surface area (Å²) < 4.78 is 10.8. The summed E-state index contributed by atoms with van der Waals surface area (Å²) >= 11 is 0. The molecular weight excluding hydrogens is 408 g/mol. The van der Waals surface area contributed by atoms with Crippen LogP contribution in [0.1, 0.15) is 16.7 Å². The molecule has 7 nitrogen and oxygen atoms in total. The number of hydrogen-bond donors (Lipinski definition) is 1. The van der Waals surface area contributed by atoms with E-state index in [1.165, 1.54) is 13.2 Å². The lowest BCUT2D eigenvalue weighted by atomic mass is 9.99. The number of carbonyl (C=O) groups is 3. The molecule has 0 atom stereocenters. The van der Waals surface area contributed by atoms with E-state index in [9.17, 15) is 14.4 Å². The lowest BCUT2D eigenvalue weighted by molar-refractivity contribution is -0.122. The first kappa shape index (κ1) is 21.1. The SMILES string of the molecule is COc1ccc2ccc(OC)c(/C=C3\C(=O)NC(=O)N(c4cc(C)cc(C)c4)C3=O)c2c1. The van der Waals surface area contributed by atoms with Crippen molar-refractivity contribution in [2.75, 3.05) is 19.1 Å². The van der Waals surface area contributed by atoms with Gasteiger partial charge in [-0.05, 0) is 72.2 Å². The van der Waals surface area contributed by atoms with E-state index < -0.39 is 17.8 Å². The smallest absolute Gasteiger partial charge is 0.335 e. The minimum absolute atomic E-state index is 0.169. The quantitative estimate of drug-likeness (QED) is 0.497. The summed E-state index contributed by atoms with van der Waals surface area (Å²) in [5.74, 6) is -0.362. The van der Waals surface area contributed by atoms with Crippen LogP contribution in [0.25, 0.3) is 16.8 Å². The molecule has 0 spiro atoms. The third-order valence-electron chi connectivity index (χ3n) is 5.31. The maximum atomic E-state index is 13.3. The van der Waals surface area contributed by atoms with Crippen molar-refractivity contribution in [2.24, 2.45) is 0 Å². The van der Waals surface area contributed by atoms with Crippen LogP contribution < -0.4 is 19.7 Å². The first-order valence-corrected chi connectivity index (χ1v) is 9.97. The zero-order chi connectivity index (χ0) is 23.0. The molecule has 4 rings (SSSR count). The van der Waals surface area contributed by atoms with Gasteiger partial charge in [0.2, 0.25) is 0 Å². The molecule has 3 aromatic rings. The van der Waals surface area contributed by atoms with E-state index in [-0.39, 0.29) is 5.57 Å². The molecule has 4 amide bonds. The maximum absolute atomic E-state index is 13.3. The number of ether oxygens (including phenoxy) is 2. The van der Waals surface area contributed by atoms with Crippen molar-refractivity contribution >= 4 is 40.4 Å². The van der Waals surface area contributed by atoms with Crippen LogP contribution in [-0.4, -0.2) is 32.1 Å². The molecule has 0 aliphatic carbocycles. The number of aryl methyl sites for hydroxylation is 2. The lowest BCUT2D eigenvalue weighted by Gasteiger charge is -2.27. The van der Waals surface area contributed by atoms with Gasteiger partial charge in [-0.3, -0.25) is 14.9 Å². The van der Waals surface area contributed by atoms with Gasteiger partial charge in [0.15, 0.2) is 0 Å². The molecule has 1 fully saturated rings. The average molecular weight is 430 g/mol. The summed E-state index contributed by atoms with van der Waals surface area (Å²) in [5, 5.41) is 3.89. The minimum Gasteiger partial charge on any atom is -0.497 e. The third kappa shape index (κ3) is 3.69. The molecule has 0 saturated carbocycles. The molecule has 0 bridgehead atoms. The maximum Gasteiger partial charge on any atom is 0.335 e. The topological polar surface area (TPSA) is 84.9 Å². The van der Waals surface area contributed by atoms with Crippen molar-refractivity contribution in [2.45, 2.75) is 13.8 Å². The second-order valence-corrected chi connectivity index (χ2v) is 7.57. The van der Waals surface area contributed by atoms with Crippen molar-refractivity contribution in [1.29, 1.82) is 0 Å². The highest BCUT2D eigenvalue weighted by Gasteiger charge is 2.37. The number of hydrogen-bond acceptors (Lipinski definition) is 5. The van der Waals surface area contributed by atoms with E-state index in [2.05, 4.69) is 5.32 Å². The number of barbiturate groups is 1. The van der Waals surface area contributed by atoms with Gasteiger partial charge in [-0.1, -0.05) is 18.2 Å². The van der Waals surface area contributed by atoms with Crippen LogP contribution in [0, 0.1) is 13.8 Å². The summed E-state index contributed by atoms with van der Waals surface area (Å²) in [7, 11) is 3.07. The van der Waals surface area contributed by atoms with Gasteiger partial charge in [-0.25, -0.2) is 9.69 Å². The Morgan fingerprint density at radius 3 is 2.22 bits per heavy atom. The standard InChI is InChI=1S/C25H22N2O5/c1-14-9-15(2)11-17(10-14)27-24(29)21(23(28)26-25(27)30)13-20-19-12-18(31-3)7-5-16(19)6-8-22(20)32-4/h5-13H,1-4H3,(H,26,28,30)/b21-13+. The minimum atomic E-state index is -0.784. The number of benzene rings is 3. The second-order valence-electron chi connectivity index (χ2n) is 7.57. The summed E-state index contributed by atoms with van der Waals surface area (Å²) in [5.41, 5.74) is 2.56. The van der Waals surface area contributed by atoms with Gasteiger partial charge in [-0.15, -0.1) is 0 Å². The normalized spacial score (nSPS) is 15.3. The molecule has 3 aromatic carbocycles. The number of amides is 4. The van der Waals surface area contributed by atoms with Crippen LogP contribution in [-0.2, 0) is 9.59 Å². The number of urea groups is 1. The Labute approximate surface area is 185 Å². The molecule has 1 aliphatic heterocycles. The number of nitrogens with one attached hydrogen (secondary N) is 1. The number of fused-ring (bicyclic) bond motifs is 1. The predicted molar refractivity (Wildman–Crippen MR) is 122 cm³/mol. The van der Waals surface area contributed by atoms with Crippen molar-refractivity contribution in [3.05, 3.63) is 70.8 Å². The molecule has 1 saturated heterocycles. The average Bonchev–Trinajstić information content (AvgIpc) is 2.75. The number of carbonyl (C=O) groups excluding carboxylic acids is 3. The molecule has 0 aromatic heterocycles. The fraction of sp³-hybridized carbons (Fsp3) is 0.160. The lowest BCUT2D eigenvalue weighted by Crippen LogP contribution is -2.54. The zero-order valence-electron chi connectivity index (χ0n) is 18.2. The monoisotopic (exact) mass is 430 g/mol. The summed E-state index contributed by atoms with van der Waals surface area (Å²) in [4.78, 5) is 39.6. The number of nitrogens with zero attached hydrogens (tertiary/aromatic N) is 1. The number of rotatable bonds is 4. The van der Waals surface area contributed by atoms with Crippen LogP contribution in [0.3, 0.4) is 0 Å². The highest BCUT2D eigenvalue weighted by Crippen LogP contribution is 2.33. The van der Waals surface area contributed by atoms with Crippen molar-refractivity contribution < 1.29 is 23.9 Å². The van der Waals surface area contributed by atoms with Gasteiger partial charge in [0.25, 0.3) is 11.8 Å². The fourth-order valence-corrected chi connectivity index (χ4v) is 3.87. The summed E-state index contributed by atoms with van der Waals surface area (Å²) in [6.45, 7) is 3.75. The Bertz CT molecular complexity index is 1280. The first-order chi connectivity index (χ1) is 15.3. The Balaban J connectivity index is 1.89. The summed E-state index contributed by atoms with van der Waals surface area (Å²) in [6.07, 6.45) is 1.46. The fourth-order valence-electron chi connectivity index (χ4n) is 3.87. The van der Waals surface area contributed by atoms with Crippen molar-refractivity contribution in [3.63, 3.8) is 0 Å². The van der Waals surface area contributed by atoms with Gasteiger partial charge in [-0.2, -0.15) is 0 Å². The largest absolute Gasteiger partial charge is 0.497 e. The summed E-state index contributed by atoms with van der Waals surface area (Å²) in [6, 6.07) is 13.8. The van der Waals surface area contributed by atoms with E-state index in [4.69, 9.17) is 9.47 Å². The van der Waals surface area contributed by atoms with Crippen LogP contribution in [0.2, 0.25) is 0 Å². The van der Waals surface area contributed by atoms with Crippen LogP contribution in [0.15, 0.2) is 54.1 Å². The van der Waals surface area contributed by atoms with Gasteiger partial charge in [0.05, 0.1) is 19.9 Å². The predicted octanol–water partition coefficient (Wildman–Crippen LogP) is 4.14. The Morgan fingerprint density at radius 2 is 1.56 bits per heavy atom. The van der Waals surface area contributed by atoms with Crippen molar-refractivity contribution in [1.82, 2.24) is 5.32 Å². The van der Waals surface area contributed by atoms with E-state index >= 15 is 0 Å². The number of imide groups is 2. The van der Waals surface area contributed by atoms with E-state index in [1.807, 2.05) is 44.2 Å².